The normalized spacial score (nSPS) is 2.08. The van der Waals surface area contributed by atoms with E-state index >= 15 is 0 Å². The second kappa shape index (κ2) is 107. The Labute approximate surface area is 96.5 Å². The molecule has 0 fully saturated rings. The zero-order valence-electron chi connectivity index (χ0n) is 6.43. The summed E-state index contributed by atoms with van der Waals surface area (Å²) in [5.74, 6) is -0.833. The minimum absolute atomic E-state index is 0. The smallest absolute Gasteiger partial charge is 0.300 e. The Morgan fingerprint density at radius 3 is 0.833 bits per heavy atom. The van der Waals surface area contributed by atoms with Crippen molar-refractivity contribution < 1.29 is 83.8 Å². The summed E-state index contributed by atoms with van der Waals surface area (Å²) in [5.41, 5.74) is 0. The van der Waals surface area contributed by atoms with Gasteiger partial charge in [-0.25, -0.2) is 0 Å². The van der Waals surface area contributed by atoms with Gasteiger partial charge in [0.05, 0.1) is 0 Å². The molecular weight excluding hydrogens is 307 g/mol. The summed E-state index contributed by atoms with van der Waals surface area (Å²) in [5, 5.41) is 7.42. The van der Waals surface area contributed by atoms with Gasteiger partial charge in [0.1, 0.15) is 0 Å². The Morgan fingerprint density at radius 1 is 0.833 bits per heavy atom. The van der Waals surface area contributed by atoms with E-state index in [2.05, 4.69) is 0 Å². The van der Waals surface area contributed by atoms with Crippen LogP contribution in [0.1, 0.15) is 6.92 Å². The predicted molar refractivity (Wildman–Crippen MR) is 38.6 cm³/mol. The average Bonchev–Trinajstić information content (AvgIpc) is 0.811. The molecule has 83 valence electrons. The van der Waals surface area contributed by atoms with Gasteiger partial charge in [-0.05, 0) is 0 Å². The molecule has 9 nitrogen and oxygen atoms in total. The molecule has 0 saturated carbocycles. The van der Waals surface area contributed by atoms with Crippen molar-refractivity contribution >= 4 is 5.97 Å². The molecular formula is C2H18LaO9. The van der Waals surface area contributed by atoms with Crippen LogP contribution in [-0.2, 0) is 4.79 Å². The van der Waals surface area contributed by atoms with E-state index in [9.17, 15) is 0 Å². The van der Waals surface area contributed by atoms with E-state index in [1.165, 1.54) is 0 Å². The Bertz CT molecular complexity index is 35.5. The molecule has 15 N–H and O–H groups in total. The van der Waals surface area contributed by atoms with Crippen molar-refractivity contribution in [1.29, 1.82) is 0 Å². The van der Waals surface area contributed by atoms with Gasteiger partial charge in [0, 0.05) is 42.5 Å². The summed E-state index contributed by atoms with van der Waals surface area (Å²) in [7, 11) is 0. The zero-order chi connectivity index (χ0) is 3.58. The molecule has 0 aromatic carbocycles. The van der Waals surface area contributed by atoms with Gasteiger partial charge in [0.2, 0.25) is 0 Å². The maximum atomic E-state index is 9.00. The summed E-state index contributed by atoms with van der Waals surface area (Å²) in [6.07, 6.45) is 0. The van der Waals surface area contributed by atoms with Gasteiger partial charge in [-0.2, -0.15) is 0 Å². The molecule has 0 spiro atoms. The van der Waals surface area contributed by atoms with Gasteiger partial charge in [-0.15, -0.1) is 0 Å². The Morgan fingerprint density at radius 2 is 0.833 bits per heavy atom. The Hall–Kier alpha value is 0.385. The van der Waals surface area contributed by atoms with Crippen molar-refractivity contribution in [2.75, 3.05) is 0 Å². The van der Waals surface area contributed by atoms with E-state index < -0.39 is 5.97 Å². The zero-order valence-corrected chi connectivity index (χ0v) is 10.1. The Balaban J connectivity index is -0.00000000161. The SMILES string of the molecule is CC(=O)O.O.O.O.O.O.O.O.[La]. The van der Waals surface area contributed by atoms with Crippen LogP contribution in [0.3, 0.4) is 0 Å². The van der Waals surface area contributed by atoms with Crippen molar-refractivity contribution in [2.24, 2.45) is 0 Å². The fraction of sp³-hybridized carbons (Fsp3) is 0.500. The van der Waals surface area contributed by atoms with E-state index in [-0.39, 0.29) is 73.9 Å². The van der Waals surface area contributed by atoms with Gasteiger partial charge in [0.25, 0.3) is 5.97 Å². The number of hydrogen-bond donors (Lipinski definition) is 1. The monoisotopic (exact) mass is 325 g/mol. The van der Waals surface area contributed by atoms with Gasteiger partial charge in [0.15, 0.2) is 0 Å². The topological polar surface area (TPSA) is 258 Å². The first kappa shape index (κ1) is 140. The number of carbonyl (C=O) groups is 1. The number of carboxylic acid groups (broad SMARTS) is 1. The van der Waals surface area contributed by atoms with Crippen molar-refractivity contribution in [3.8, 4) is 0 Å². The van der Waals surface area contributed by atoms with Gasteiger partial charge in [-0.1, -0.05) is 0 Å². The van der Waals surface area contributed by atoms with Crippen LogP contribution in [0, 0.1) is 35.6 Å². The third-order valence-corrected chi connectivity index (χ3v) is 0. The molecule has 0 unspecified atom stereocenters. The second-order valence-corrected chi connectivity index (χ2v) is 0.519. The fourth-order valence-electron chi connectivity index (χ4n) is 0. The third kappa shape index (κ3) is 6180. The molecule has 0 aliphatic heterocycles. The molecule has 12 heavy (non-hydrogen) atoms. The summed E-state index contributed by atoms with van der Waals surface area (Å²) in [6, 6.07) is 0. The number of hydrogen-bond acceptors (Lipinski definition) is 1. The van der Waals surface area contributed by atoms with E-state index in [0.717, 1.165) is 6.92 Å². The van der Waals surface area contributed by atoms with Gasteiger partial charge < -0.3 is 43.4 Å². The van der Waals surface area contributed by atoms with Gasteiger partial charge >= 0.3 is 0 Å². The molecule has 0 amide bonds. The van der Waals surface area contributed by atoms with Crippen molar-refractivity contribution in [3.05, 3.63) is 0 Å². The molecule has 0 rings (SSSR count). The second-order valence-electron chi connectivity index (χ2n) is 0.519. The predicted octanol–water partition coefficient (Wildman–Crippen LogP) is -5.68. The molecule has 0 atom stereocenters. The molecule has 0 heterocycles. The van der Waals surface area contributed by atoms with Crippen LogP contribution in [0.25, 0.3) is 0 Å². The fourth-order valence-corrected chi connectivity index (χ4v) is 0. The van der Waals surface area contributed by atoms with Crippen LogP contribution in [0.15, 0.2) is 0 Å². The molecule has 0 aliphatic rings. The van der Waals surface area contributed by atoms with Crippen LogP contribution >= 0.6 is 0 Å². The van der Waals surface area contributed by atoms with E-state index in [4.69, 9.17) is 9.90 Å². The molecule has 0 aliphatic carbocycles. The van der Waals surface area contributed by atoms with Crippen LogP contribution in [-0.4, -0.2) is 49.4 Å². The van der Waals surface area contributed by atoms with Crippen molar-refractivity contribution in [1.82, 2.24) is 0 Å². The first-order valence-corrected chi connectivity index (χ1v) is 0.928. The van der Waals surface area contributed by atoms with Crippen molar-refractivity contribution in [3.63, 3.8) is 0 Å². The average molecular weight is 325 g/mol. The molecule has 0 aromatic heterocycles. The summed E-state index contributed by atoms with van der Waals surface area (Å²) in [4.78, 5) is 9.00. The maximum absolute atomic E-state index is 9.00. The van der Waals surface area contributed by atoms with Crippen LogP contribution < -0.4 is 0 Å². The standard InChI is InChI=1S/C2H4O2.La.7H2O/c1-2(3)4;;;;;;;;/h1H3,(H,3,4);;7*1H2. The van der Waals surface area contributed by atoms with Crippen LogP contribution in [0.4, 0.5) is 0 Å². The number of carboxylic acids is 1. The number of rotatable bonds is 0. The van der Waals surface area contributed by atoms with E-state index in [1.807, 2.05) is 0 Å². The molecule has 0 aromatic rings. The molecule has 10 heteroatoms. The maximum Gasteiger partial charge on any atom is 0.300 e. The largest absolute Gasteiger partial charge is 0.481 e. The van der Waals surface area contributed by atoms with Crippen LogP contribution in [0.5, 0.6) is 0 Å². The first-order chi connectivity index (χ1) is 1.73. The molecule has 1 radical (unpaired) electrons. The third-order valence-electron chi connectivity index (χ3n) is 0. The number of aliphatic carboxylic acids is 1. The molecule has 0 bridgehead atoms. The van der Waals surface area contributed by atoms with E-state index in [0.29, 0.717) is 0 Å². The quantitative estimate of drug-likeness (QED) is 0.456. The summed E-state index contributed by atoms with van der Waals surface area (Å²) in [6.45, 7) is 1.08. The van der Waals surface area contributed by atoms with Gasteiger partial charge in [-0.3, -0.25) is 4.79 Å². The first-order valence-electron chi connectivity index (χ1n) is 0.928. The summed E-state index contributed by atoms with van der Waals surface area (Å²) < 4.78 is 0. The minimum atomic E-state index is -0.833. The van der Waals surface area contributed by atoms with Crippen LogP contribution in [0.2, 0.25) is 0 Å². The van der Waals surface area contributed by atoms with Crippen molar-refractivity contribution in [2.45, 2.75) is 6.92 Å². The molecule has 0 saturated heterocycles. The van der Waals surface area contributed by atoms with E-state index in [1.54, 1.807) is 0 Å². The Kier molecular flexibility index (Phi) is 1250. The summed E-state index contributed by atoms with van der Waals surface area (Å²) >= 11 is 0. The minimum Gasteiger partial charge on any atom is -0.481 e.